The van der Waals surface area contributed by atoms with Gasteiger partial charge in [0.25, 0.3) is 0 Å². The topological polar surface area (TPSA) is 0 Å². The van der Waals surface area contributed by atoms with Crippen LogP contribution in [-0.2, 0) is 0 Å². The molecule has 0 amide bonds. The summed E-state index contributed by atoms with van der Waals surface area (Å²) < 4.78 is 0. The van der Waals surface area contributed by atoms with Gasteiger partial charge in [-0.2, -0.15) is 0 Å². The van der Waals surface area contributed by atoms with Gasteiger partial charge in [-0.05, 0) is 30.1 Å². The number of hydrogen-bond acceptors (Lipinski definition) is 0. The predicted octanol–water partition coefficient (Wildman–Crippen LogP) is 3.86. The summed E-state index contributed by atoms with van der Waals surface area (Å²) in [4.78, 5) is 0. The molecule has 1 aliphatic rings. The van der Waals surface area contributed by atoms with Crippen molar-refractivity contribution >= 4 is 0 Å². The minimum atomic E-state index is 0.550. The normalized spacial score (nSPS) is 32.7. The van der Waals surface area contributed by atoms with Crippen molar-refractivity contribution in [3.05, 3.63) is 0 Å². The summed E-state index contributed by atoms with van der Waals surface area (Å²) in [6.45, 7) is 9.46. The molecule has 1 aliphatic carbocycles. The molecule has 0 N–H and O–H groups in total. The molecule has 0 saturated heterocycles. The molecule has 0 unspecified atom stereocenters. The second kappa shape index (κ2) is 3.16. The summed E-state index contributed by atoms with van der Waals surface area (Å²) in [6, 6.07) is 0. The Morgan fingerprint density at radius 3 is 2.18 bits per heavy atom. The van der Waals surface area contributed by atoms with Crippen molar-refractivity contribution in [2.75, 3.05) is 0 Å². The standard InChI is InChI=1S/C11H22/c1-9-5-6-10(7-9)8-11(2,3)4/h9-10H,5-8H2,1-4H3/t9-,10-/m1/s1. The molecule has 2 atom stereocenters. The maximum atomic E-state index is 2.39. The molecule has 66 valence electrons. The zero-order valence-electron chi connectivity index (χ0n) is 8.48. The van der Waals surface area contributed by atoms with Crippen LogP contribution in [0.1, 0.15) is 53.4 Å². The van der Waals surface area contributed by atoms with Crippen molar-refractivity contribution < 1.29 is 0 Å². The SMILES string of the molecule is C[C@@H]1CC[C@@H](CC(C)(C)C)C1. The average molecular weight is 154 g/mol. The van der Waals surface area contributed by atoms with Gasteiger partial charge < -0.3 is 0 Å². The Hall–Kier alpha value is 0. The summed E-state index contributed by atoms with van der Waals surface area (Å²) in [5.74, 6) is 2.03. The largest absolute Gasteiger partial charge is 0.0625 e. The van der Waals surface area contributed by atoms with Crippen molar-refractivity contribution in [1.29, 1.82) is 0 Å². The second-order valence-electron chi connectivity index (χ2n) is 5.55. The summed E-state index contributed by atoms with van der Waals surface area (Å²) in [5.41, 5.74) is 0.550. The van der Waals surface area contributed by atoms with Crippen LogP contribution >= 0.6 is 0 Å². The third-order valence-corrected chi connectivity index (χ3v) is 2.70. The van der Waals surface area contributed by atoms with E-state index < -0.39 is 0 Å². The Bertz CT molecular complexity index is 118. The van der Waals surface area contributed by atoms with Gasteiger partial charge in [-0.25, -0.2) is 0 Å². The highest BCUT2D eigenvalue weighted by Gasteiger charge is 2.25. The lowest BCUT2D eigenvalue weighted by atomic mass is 9.84. The quantitative estimate of drug-likeness (QED) is 0.538. The zero-order valence-corrected chi connectivity index (χ0v) is 8.48. The molecule has 0 bridgehead atoms. The van der Waals surface area contributed by atoms with Crippen LogP contribution in [0.5, 0.6) is 0 Å². The Morgan fingerprint density at radius 2 is 1.82 bits per heavy atom. The molecule has 1 fully saturated rings. The molecule has 0 heterocycles. The fraction of sp³-hybridized carbons (Fsp3) is 1.00. The molecule has 0 spiro atoms. The lowest BCUT2D eigenvalue weighted by molar-refractivity contribution is 0.293. The van der Waals surface area contributed by atoms with E-state index in [1.54, 1.807) is 0 Å². The van der Waals surface area contributed by atoms with Gasteiger partial charge in [0, 0.05) is 0 Å². The van der Waals surface area contributed by atoms with Gasteiger partial charge in [0.2, 0.25) is 0 Å². The fourth-order valence-electron chi connectivity index (χ4n) is 2.38. The van der Waals surface area contributed by atoms with Gasteiger partial charge in [0.15, 0.2) is 0 Å². The first-order chi connectivity index (χ1) is 4.97. The first kappa shape index (κ1) is 9.09. The van der Waals surface area contributed by atoms with Gasteiger partial charge in [-0.3, -0.25) is 0 Å². The van der Waals surface area contributed by atoms with Crippen LogP contribution in [0, 0.1) is 17.3 Å². The van der Waals surface area contributed by atoms with Gasteiger partial charge in [0.1, 0.15) is 0 Å². The van der Waals surface area contributed by atoms with E-state index in [-0.39, 0.29) is 0 Å². The first-order valence-corrected chi connectivity index (χ1v) is 4.97. The number of rotatable bonds is 1. The molecule has 1 rings (SSSR count). The fourth-order valence-corrected chi connectivity index (χ4v) is 2.38. The molecule has 0 nitrogen and oxygen atoms in total. The van der Waals surface area contributed by atoms with E-state index in [0.29, 0.717) is 5.41 Å². The van der Waals surface area contributed by atoms with Crippen LogP contribution in [0.15, 0.2) is 0 Å². The van der Waals surface area contributed by atoms with E-state index in [1.165, 1.54) is 25.7 Å². The predicted molar refractivity (Wildman–Crippen MR) is 50.6 cm³/mol. The van der Waals surface area contributed by atoms with Gasteiger partial charge in [-0.15, -0.1) is 0 Å². The third-order valence-electron chi connectivity index (χ3n) is 2.70. The van der Waals surface area contributed by atoms with Gasteiger partial charge >= 0.3 is 0 Å². The van der Waals surface area contributed by atoms with E-state index in [4.69, 9.17) is 0 Å². The molecule has 0 aromatic carbocycles. The Balaban J connectivity index is 2.29. The molecule has 0 radical (unpaired) electrons. The van der Waals surface area contributed by atoms with Crippen molar-refractivity contribution in [2.24, 2.45) is 17.3 Å². The van der Waals surface area contributed by atoms with Crippen molar-refractivity contribution in [3.8, 4) is 0 Å². The smallest absolute Gasteiger partial charge is 0.0380 e. The summed E-state index contributed by atoms with van der Waals surface area (Å²) in [7, 11) is 0. The first-order valence-electron chi connectivity index (χ1n) is 4.97. The molecular weight excluding hydrogens is 132 g/mol. The summed E-state index contributed by atoms with van der Waals surface area (Å²) >= 11 is 0. The van der Waals surface area contributed by atoms with Crippen LogP contribution in [0.4, 0.5) is 0 Å². The third kappa shape index (κ3) is 3.27. The molecular formula is C11H22. The van der Waals surface area contributed by atoms with Gasteiger partial charge in [-0.1, -0.05) is 40.5 Å². The van der Waals surface area contributed by atoms with Crippen molar-refractivity contribution in [2.45, 2.75) is 53.4 Å². The van der Waals surface area contributed by atoms with E-state index in [9.17, 15) is 0 Å². The minimum absolute atomic E-state index is 0.550. The average Bonchev–Trinajstić information content (AvgIpc) is 2.10. The molecule has 0 aromatic heterocycles. The minimum Gasteiger partial charge on any atom is -0.0625 e. The number of hydrogen-bond donors (Lipinski definition) is 0. The lowest BCUT2D eigenvalue weighted by Crippen LogP contribution is -2.10. The van der Waals surface area contributed by atoms with E-state index >= 15 is 0 Å². The highest BCUT2D eigenvalue weighted by molar-refractivity contribution is 4.77. The molecule has 11 heavy (non-hydrogen) atoms. The maximum absolute atomic E-state index is 2.39. The molecule has 0 aliphatic heterocycles. The molecule has 0 aromatic rings. The van der Waals surface area contributed by atoms with E-state index in [1.807, 2.05) is 0 Å². The summed E-state index contributed by atoms with van der Waals surface area (Å²) in [5, 5.41) is 0. The monoisotopic (exact) mass is 154 g/mol. The summed E-state index contributed by atoms with van der Waals surface area (Å²) in [6.07, 6.45) is 5.87. The van der Waals surface area contributed by atoms with E-state index in [2.05, 4.69) is 27.7 Å². The Morgan fingerprint density at radius 1 is 1.18 bits per heavy atom. The molecule has 0 heteroatoms. The Kier molecular flexibility index (Phi) is 2.61. The van der Waals surface area contributed by atoms with Crippen LogP contribution in [0.2, 0.25) is 0 Å². The second-order valence-corrected chi connectivity index (χ2v) is 5.55. The van der Waals surface area contributed by atoms with E-state index in [0.717, 1.165) is 11.8 Å². The molecule has 1 saturated carbocycles. The van der Waals surface area contributed by atoms with Crippen LogP contribution < -0.4 is 0 Å². The maximum Gasteiger partial charge on any atom is -0.0380 e. The Labute approximate surface area is 71.4 Å². The van der Waals surface area contributed by atoms with Crippen molar-refractivity contribution in [1.82, 2.24) is 0 Å². The highest BCUT2D eigenvalue weighted by atomic mass is 14.3. The van der Waals surface area contributed by atoms with Crippen molar-refractivity contribution in [3.63, 3.8) is 0 Å². The highest BCUT2D eigenvalue weighted by Crippen LogP contribution is 2.37. The van der Waals surface area contributed by atoms with Gasteiger partial charge in [0.05, 0.1) is 0 Å². The van der Waals surface area contributed by atoms with Crippen LogP contribution in [0.25, 0.3) is 0 Å². The van der Waals surface area contributed by atoms with Crippen LogP contribution in [-0.4, -0.2) is 0 Å². The lowest BCUT2D eigenvalue weighted by Gasteiger charge is -2.22. The van der Waals surface area contributed by atoms with Crippen LogP contribution in [0.3, 0.4) is 0 Å². The zero-order chi connectivity index (χ0) is 8.48.